The van der Waals surface area contributed by atoms with Crippen LogP contribution in [-0.4, -0.2) is 0 Å². The lowest BCUT2D eigenvalue weighted by Gasteiger charge is -2.26. The lowest BCUT2D eigenvalue weighted by atomic mass is 9.86. The molecule has 0 aliphatic rings. The van der Waals surface area contributed by atoms with Crippen LogP contribution in [0.2, 0.25) is 0 Å². The van der Waals surface area contributed by atoms with Gasteiger partial charge in [0.05, 0.1) is 5.56 Å². The zero-order chi connectivity index (χ0) is 15.7. The van der Waals surface area contributed by atoms with Gasteiger partial charge in [0.25, 0.3) is 0 Å². The Morgan fingerprint density at radius 3 is 2.29 bits per heavy atom. The van der Waals surface area contributed by atoms with Crippen molar-refractivity contribution in [1.29, 1.82) is 0 Å². The summed E-state index contributed by atoms with van der Waals surface area (Å²) in [4.78, 5) is 0. The molecule has 5 heteroatoms. The molecule has 0 saturated carbocycles. The van der Waals surface area contributed by atoms with Crippen LogP contribution in [0.5, 0.6) is 0 Å². The molecule has 21 heavy (non-hydrogen) atoms. The van der Waals surface area contributed by atoms with E-state index in [9.17, 15) is 17.6 Å². The van der Waals surface area contributed by atoms with Crippen LogP contribution in [0.25, 0.3) is 0 Å². The quantitative estimate of drug-likeness (QED) is 0.842. The number of hydrogen-bond donors (Lipinski definition) is 1. The van der Waals surface area contributed by atoms with Gasteiger partial charge in [0.15, 0.2) is 0 Å². The molecule has 1 atom stereocenters. The van der Waals surface area contributed by atoms with Gasteiger partial charge in [-0.15, -0.1) is 0 Å². The first-order valence-corrected chi connectivity index (χ1v) is 6.40. The maximum Gasteiger partial charge on any atom is 0.416 e. The van der Waals surface area contributed by atoms with Gasteiger partial charge in [0.2, 0.25) is 0 Å². The molecule has 0 bridgehead atoms. The number of benzene rings is 2. The third-order valence-corrected chi connectivity index (χ3v) is 3.31. The van der Waals surface area contributed by atoms with E-state index >= 15 is 0 Å². The summed E-state index contributed by atoms with van der Waals surface area (Å²) in [5.74, 6) is -0.463. The first kappa shape index (κ1) is 15.5. The molecule has 112 valence electrons. The molecule has 0 fully saturated rings. The van der Waals surface area contributed by atoms with Gasteiger partial charge in [-0.25, -0.2) is 4.39 Å². The number of alkyl halides is 3. The molecule has 1 nitrogen and oxygen atoms in total. The van der Waals surface area contributed by atoms with Gasteiger partial charge in [0.1, 0.15) is 5.82 Å². The molecule has 0 saturated heterocycles. The Morgan fingerprint density at radius 2 is 1.67 bits per heavy atom. The lowest BCUT2D eigenvalue weighted by Crippen LogP contribution is -2.36. The third kappa shape index (κ3) is 3.61. The summed E-state index contributed by atoms with van der Waals surface area (Å²) in [5.41, 5.74) is 4.98. The predicted molar refractivity (Wildman–Crippen MR) is 73.1 cm³/mol. The van der Waals surface area contributed by atoms with Gasteiger partial charge in [0, 0.05) is 11.1 Å². The Hall–Kier alpha value is -1.88. The molecule has 1 unspecified atom stereocenters. The van der Waals surface area contributed by atoms with Crippen molar-refractivity contribution < 1.29 is 17.6 Å². The smallest absolute Gasteiger partial charge is 0.321 e. The predicted octanol–water partition coefficient (Wildman–Crippen LogP) is 4.26. The Morgan fingerprint density at radius 1 is 1.00 bits per heavy atom. The molecule has 0 heterocycles. The summed E-state index contributed by atoms with van der Waals surface area (Å²) in [5, 5.41) is 0. The van der Waals surface area contributed by atoms with E-state index < -0.39 is 23.1 Å². The minimum Gasteiger partial charge on any atom is -0.321 e. The summed E-state index contributed by atoms with van der Waals surface area (Å²) >= 11 is 0. The number of rotatable bonds is 3. The average molecular weight is 297 g/mol. The van der Waals surface area contributed by atoms with Gasteiger partial charge < -0.3 is 5.73 Å². The van der Waals surface area contributed by atoms with Crippen molar-refractivity contribution in [1.82, 2.24) is 0 Å². The standard InChI is InChI=1S/C16H15F4N/c1-15(21,13-7-2-3-8-14(13)17)10-11-5-4-6-12(9-11)16(18,19)20/h2-9H,10,21H2,1H3. The second-order valence-corrected chi connectivity index (χ2v) is 5.27. The molecule has 0 amide bonds. The van der Waals surface area contributed by atoms with E-state index in [0.717, 1.165) is 12.1 Å². The van der Waals surface area contributed by atoms with Gasteiger partial charge >= 0.3 is 6.18 Å². The highest BCUT2D eigenvalue weighted by Crippen LogP contribution is 2.31. The Bertz CT molecular complexity index is 632. The molecule has 0 aliphatic heterocycles. The van der Waals surface area contributed by atoms with E-state index in [1.807, 2.05) is 0 Å². The van der Waals surface area contributed by atoms with Crippen molar-refractivity contribution in [3.05, 3.63) is 71.0 Å². The van der Waals surface area contributed by atoms with Crippen LogP contribution in [0, 0.1) is 5.82 Å². The van der Waals surface area contributed by atoms with E-state index in [1.165, 1.54) is 12.1 Å². The second kappa shape index (κ2) is 5.48. The minimum absolute atomic E-state index is 0.109. The zero-order valence-corrected chi connectivity index (χ0v) is 11.4. The SMILES string of the molecule is CC(N)(Cc1cccc(C(F)(F)F)c1)c1ccccc1F. The normalized spacial score (nSPS) is 14.8. The maximum atomic E-state index is 13.8. The van der Waals surface area contributed by atoms with Crippen LogP contribution in [0.3, 0.4) is 0 Å². The summed E-state index contributed by atoms with van der Waals surface area (Å²) in [6.07, 6.45) is -4.29. The van der Waals surface area contributed by atoms with Crippen molar-refractivity contribution in [2.75, 3.05) is 0 Å². The number of halogens is 4. The monoisotopic (exact) mass is 297 g/mol. The van der Waals surface area contributed by atoms with Crippen LogP contribution in [-0.2, 0) is 18.1 Å². The zero-order valence-electron chi connectivity index (χ0n) is 11.4. The Balaban J connectivity index is 2.31. The molecular formula is C16H15F4N. The summed E-state index contributed by atoms with van der Waals surface area (Å²) in [6, 6.07) is 11.0. The van der Waals surface area contributed by atoms with Crippen LogP contribution in [0.1, 0.15) is 23.6 Å². The van der Waals surface area contributed by atoms with Gasteiger partial charge in [-0.3, -0.25) is 0 Å². The van der Waals surface area contributed by atoms with E-state index in [4.69, 9.17) is 5.73 Å². The highest BCUT2D eigenvalue weighted by Gasteiger charge is 2.31. The van der Waals surface area contributed by atoms with Crippen molar-refractivity contribution in [3.63, 3.8) is 0 Å². The van der Waals surface area contributed by atoms with Crippen LogP contribution in [0.4, 0.5) is 17.6 Å². The van der Waals surface area contributed by atoms with Crippen LogP contribution >= 0.6 is 0 Å². The fourth-order valence-electron chi connectivity index (χ4n) is 2.30. The summed E-state index contributed by atoms with van der Waals surface area (Å²) < 4.78 is 51.9. The van der Waals surface area contributed by atoms with E-state index in [-0.39, 0.29) is 12.0 Å². The molecular weight excluding hydrogens is 282 g/mol. The van der Waals surface area contributed by atoms with Crippen molar-refractivity contribution in [3.8, 4) is 0 Å². The first-order chi connectivity index (χ1) is 9.70. The van der Waals surface area contributed by atoms with Crippen molar-refractivity contribution >= 4 is 0 Å². The van der Waals surface area contributed by atoms with Gasteiger partial charge in [-0.05, 0) is 31.0 Å². The topological polar surface area (TPSA) is 26.0 Å². The van der Waals surface area contributed by atoms with Gasteiger partial charge in [-0.2, -0.15) is 13.2 Å². The van der Waals surface area contributed by atoms with E-state index in [0.29, 0.717) is 5.56 Å². The fraction of sp³-hybridized carbons (Fsp3) is 0.250. The van der Waals surface area contributed by atoms with E-state index in [2.05, 4.69) is 0 Å². The van der Waals surface area contributed by atoms with Gasteiger partial charge in [-0.1, -0.05) is 36.4 Å². The minimum atomic E-state index is -4.40. The average Bonchev–Trinajstić information content (AvgIpc) is 2.37. The number of nitrogens with two attached hydrogens (primary N) is 1. The highest BCUT2D eigenvalue weighted by molar-refractivity contribution is 5.31. The largest absolute Gasteiger partial charge is 0.416 e. The fourth-order valence-corrected chi connectivity index (χ4v) is 2.30. The summed E-state index contributed by atoms with van der Waals surface area (Å²) in [7, 11) is 0. The molecule has 0 spiro atoms. The third-order valence-electron chi connectivity index (χ3n) is 3.31. The summed E-state index contributed by atoms with van der Waals surface area (Å²) in [6.45, 7) is 1.60. The van der Waals surface area contributed by atoms with Crippen LogP contribution in [0.15, 0.2) is 48.5 Å². The highest BCUT2D eigenvalue weighted by atomic mass is 19.4. The molecule has 2 rings (SSSR count). The van der Waals surface area contributed by atoms with Crippen LogP contribution < -0.4 is 5.73 Å². The lowest BCUT2D eigenvalue weighted by molar-refractivity contribution is -0.137. The Kier molecular flexibility index (Phi) is 4.05. The Labute approximate surface area is 120 Å². The maximum absolute atomic E-state index is 13.8. The molecule has 0 aliphatic carbocycles. The van der Waals surface area contributed by atoms with E-state index in [1.54, 1.807) is 31.2 Å². The molecule has 0 aromatic heterocycles. The first-order valence-electron chi connectivity index (χ1n) is 6.40. The molecule has 2 N–H and O–H groups in total. The van der Waals surface area contributed by atoms with Crippen molar-refractivity contribution in [2.24, 2.45) is 5.73 Å². The molecule has 0 radical (unpaired) electrons. The second-order valence-electron chi connectivity index (χ2n) is 5.27. The molecule has 2 aromatic carbocycles. The number of hydrogen-bond acceptors (Lipinski definition) is 1. The molecule has 2 aromatic rings. The van der Waals surface area contributed by atoms with Crippen molar-refractivity contribution in [2.45, 2.75) is 25.1 Å².